The molecule has 1 aliphatic heterocycles. The molecule has 0 aromatic carbocycles. The lowest BCUT2D eigenvalue weighted by Gasteiger charge is -2.05. The molecule has 1 fully saturated rings. The Hall–Kier alpha value is -0.610. The maximum absolute atomic E-state index is 6.14. The van der Waals surface area contributed by atoms with Crippen molar-refractivity contribution in [3.63, 3.8) is 0 Å². The topological polar surface area (TPSA) is 48.2 Å². The van der Waals surface area contributed by atoms with Crippen molar-refractivity contribution in [2.75, 3.05) is 6.61 Å². The largest absolute Gasteiger partial charge is 0.378 e. The van der Waals surface area contributed by atoms with E-state index in [2.05, 4.69) is 17.1 Å². The van der Waals surface area contributed by atoms with Crippen LogP contribution in [-0.2, 0) is 11.2 Å². The fourth-order valence-corrected chi connectivity index (χ4v) is 2.34. The molecule has 0 saturated carbocycles. The molecule has 2 unspecified atom stereocenters. The zero-order valence-corrected chi connectivity index (χ0v) is 10.9. The Morgan fingerprint density at radius 2 is 2.41 bits per heavy atom. The van der Waals surface area contributed by atoms with E-state index in [0.717, 1.165) is 38.7 Å². The van der Waals surface area contributed by atoms with Crippen LogP contribution in [-0.4, -0.2) is 22.9 Å². The van der Waals surface area contributed by atoms with E-state index in [0.29, 0.717) is 17.8 Å². The van der Waals surface area contributed by atoms with E-state index in [4.69, 9.17) is 20.9 Å². The van der Waals surface area contributed by atoms with Crippen LogP contribution in [0.3, 0.4) is 0 Å². The van der Waals surface area contributed by atoms with Crippen LogP contribution < -0.4 is 0 Å². The van der Waals surface area contributed by atoms with Crippen molar-refractivity contribution in [3.8, 4) is 0 Å². The number of alkyl halides is 1. The van der Waals surface area contributed by atoms with E-state index < -0.39 is 0 Å². The van der Waals surface area contributed by atoms with E-state index in [9.17, 15) is 0 Å². The predicted octanol–water partition coefficient (Wildman–Crippen LogP) is 3.26. The second-order valence-electron chi connectivity index (χ2n) is 4.48. The monoisotopic (exact) mass is 258 g/mol. The Labute approximate surface area is 107 Å². The SMILES string of the molecule is CCCC(Cl)c1noc(CCC2CCCO2)n1. The summed E-state index contributed by atoms with van der Waals surface area (Å²) < 4.78 is 10.7. The molecule has 4 nitrogen and oxygen atoms in total. The summed E-state index contributed by atoms with van der Waals surface area (Å²) in [5.41, 5.74) is 0. The second-order valence-corrected chi connectivity index (χ2v) is 5.00. The van der Waals surface area contributed by atoms with E-state index in [-0.39, 0.29) is 5.38 Å². The van der Waals surface area contributed by atoms with Crippen molar-refractivity contribution in [3.05, 3.63) is 11.7 Å². The quantitative estimate of drug-likeness (QED) is 0.735. The van der Waals surface area contributed by atoms with Gasteiger partial charge in [-0.2, -0.15) is 4.98 Å². The van der Waals surface area contributed by atoms with Gasteiger partial charge >= 0.3 is 0 Å². The molecule has 5 heteroatoms. The number of rotatable bonds is 6. The molecule has 0 N–H and O–H groups in total. The zero-order valence-electron chi connectivity index (χ0n) is 10.2. The molecule has 0 radical (unpaired) electrons. The van der Waals surface area contributed by atoms with Gasteiger partial charge in [0.1, 0.15) is 0 Å². The molecule has 1 aromatic heterocycles. The van der Waals surface area contributed by atoms with Crippen LogP contribution >= 0.6 is 11.6 Å². The molecule has 2 atom stereocenters. The number of halogens is 1. The number of aromatic nitrogens is 2. The predicted molar refractivity (Wildman–Crippen MR) is 65.1 cm³/mol. The molecule has 2 heterocycles. The van der Waals surface area contributed by atoms with Crippen molar-refractivity contribution in [2.24, 2.45) is 0 Å². The Balaban J connectivity index is 1.80. The summed E-state index contributed by atoms with van der Waals surface area (Å²) in [4.78, 5) is 4.32. The van der Waals surface area contributed by atoms with Gasteiger partial charge in [0, 0.05) is 13.0 Å². The molecule has 0 spiro atoms. The van der Waals surface area contributed by atoms with Crippen LogP contribution in [0.2, 0.25) is 0 Å². The molecule has 17 heavy (non-hydrogen) atoms. The summed E-state index contributed by atoms with van der Waals surface area (Å²) in [6.07, 6.45) is 6.33. The van der Waals surface area contributed by atoms with Crippen molar-refractivity contribution >= 4 is 11.6 Å². The van der Waals surface area contributed by atoms with Gasteiger partial charge in [-0.3, -0.25) is 0 Å². The highest BCUT2D eigenvalue weighted by Gasteiger charge is 2.18. The van der Waals surface area contributed by atoms with Crippen LogP contribution in [0.25, 0.3) is 0 Å². The zero-order chi connectivity index (χ0) is 12.1. The summed E-state index contributed by atoms with van der Waals surface area (Å²) in [6, 6.07) is 0. The second kappa shape index (κ2) is 6.36. The lowest BCUT2D eigenvalue weighted by Crippen LogP contribution is -2.06. The van der Waals surface area contributed by atoms with Crippen molar-refractivity contribution in [1.82, 2.24) is 10.1 Å². The van der Waals surface area contributed by atoms with Gasteiger partial charge in [0.15, 0.2) is 5.82 Å². The van der Waals surface area contributed by atoms with E-state index >= 15 is 0 Å². The van der Waals surface area contributed by atoms with E-state index in [1.807, 2.05) is 0 Å². The fourth-order valence-electron chi connectivity index (χ4n) is 2.04. The first-order valence-corrected chi connectivity index (χ1v) is 6.81. The Morgan fingerprint density at radius 3 is 3.12 bits per heavy atom. The van der Waals surface area contributed by atoms with Crippen molar-refractivity contribution < 1.29 is 9.26 Å². The Bertz CT molecular complexity index is 337. The molecule has 1 aliphatic rings. The minimum Gasteiger partial charge on any atom is -0.378 e. The van der Waals surface area contributed by atoms with Gasteiger partial charge in [-0.25, -0.2) is 0 Å². The molecule has 0 aliphatic carbocycles. The number of hydrogen-bond donors (Lipinski definition) is 0. The first-order valence-electron chi connectivity index (χ1n) is 6.37. The average Bonchev–Trinajstić information content (AvgIpc) is 2.98. The molecule has 96 valence electrons. The fraction of sp³-hybridized carbons (Fsp3) is 0.833. The van der Waals surface area contributed by atoms with Gasteiger partial charge in [0.25, 0.3) is 0 Å². The summed E-state index contributed by atoms with van der Waals surface area (Å²) in [5, 5.41) is 3.80. The maximum Gasteiger partial charge on any atom is 0.226 e. The third kappa shape index (κ3) is 3.68. The molecule has 0 bridgehead atoms. The smallest absolute Gasteiger partial charge is 0.226 e. The van der Waals surface area contributed by atoms with E-state index in [1.165, 1.54) is 6.42 Å². The number of nitrogens with zero attached hydrogens (tertiary/aromatic N) is 2. The highest BCUT2D eigenvalue weighted by molar-refractivity contribution is 6.20. The lowest BCUT2D eigenvalue weighted by atomic mass is 10.1. The summed E-state index contributed by atoms with van der Waals surface area (Å²) in [7, 11) is 0. The lowest BCUT2D eigenvalue weighted by molar-refractivity contribution is 0.102. The number of aryl methyl sites for hydroxylation is 1. The number of hydrogen-bond acceptors (Lipinski definition) is 4. The minimum absolute atomic E-state index is 0.125. The molecule has 0 amide bonds. The number of ether oxygens (including phenoxy) is 1. The van der Waals surface area contributed by atoms with Crippen LogP contribution in [0.15, 0.2) is 4.52 Å². The van der Waals surface area contributed by atoms with Gasteiger partial charge in [-0.15, -0.1) is 11.6 Å². The maximum atomic E-state index is 6.14. The molecular weight excluding hydrogens is 240 g/mol. The van der Waals surface area contributed by atoms with E-state index in [1.54, 1.807) is 0 Å². The van der Waals surface area contributed by atoms with Gasteiger partial charge in [-0.05, 0) is 25.7 Å². The minimum atomic E-state index is -0.125. The van der Waals surface area contributed by atoms with Crippen molar-refractivity contribution in [2.45, 2.75) is 56.9 Å². The normalized spacial score (nSPS) is 21.9. The molecular formula is C12H19ClN2O2. The van der Waals surface area contributed by atoms with Gasteiger partial charge in [0.05, 0.1) is 11.5 Å². The average molecular weight is 259 g/mol. The highest BCUT2D eigenvalue weighted by atomic mass is 35.5. The van der Waals surface area contributed by atoms with Gasteiger partial charge in [0.2, 0.25) is 5.89 Å². The third-order valence-electron chi connectivity index (χ3n) is 3.01. The molecule has 1 aromatic rings. The van der Waals surface area contributed by atoms with Crippen molar-refractivity contribution in [1.29, 1.82) is 0 Å². The first-order chi connectivity index (χ1) is 8.29. The highest BCUT2D eigenvalue weighted by Crippen LogP contribution is 2.23. The third-order valence-corrected chi connectivity index (χ3v) is 3.42. The van der Waals surface area contributed by atoms with Crippen LogP contribution in [0.5, 0.6) is 0 Å². The van der Waals surface area contributed by atoms with Crippen LogP contribution in [0.1, 0.15) is 56.1 Å². The van der Waals surface area contributed by atoms with Crippen LogP contribution in [0, 0.1) is 0 Å². The summed E-state index contributed by atoms with van der Waals surface area (Å²) in [6.45, 7) is 2.98. The Kier molecular flexibility index (Phi) is 4.80. The molecule has 2 rings (SSSR count). The van der Waals surface area contributed by atoms with Crippen LogP contribution in [0.4, 0.5) is 0 Å². The molecule has 1 saturated heterocycles. The van der Waals surface area contributed by atoms with Gasteiger partial charge < -0.3 is 9.26 Å². The summed E-state index contributed by atoms with van der Waals surface area (Å²) >= 11 is 6.14. The van der Waals surface area contributed by atoms with Gasteiger partial charge in [-0.1, -0.05) is 18.5 Å². The first kappa shape index (κ1) is 12.8. The standard InChI is InChI=1S/C12H19ClN2O2/c1-2-4-10(13)12-14-11(17-15-12)7-6-9-5-3-8-16-9/h9-10H,2-8H2,1H3. The Morgan fingerprint density at radius 1 is 1.53 bits per heavy atom. The summed E-state index contributed by atoms with van der Waals surface area (Å²) in [5.74, 6) is 1.30.